The van der Waals surface area contributed by atoms with E-state index < -0.39 is 35.6 Å². The summed E-state index contributed by atoms with van der Waals surface area (Å²) in [7, 11) is 0. The number of carboxylic acids is 1. The van der Waals surface area contributed by atoms with Crippen LogP contribution in [0.15, 0.2) is 42.2 Å². The van der Waals surface area contributed by atoms with Gasteiger partial charge < -0.3 is 14.6 Å². The molecule has 1 N–H and O–H groups in total. The lowest BCUT2D eigenvalue weighted by atomic mass is 10.1. The van der Waals surface area contributed by atoms with Gasteiger partial charge in [-0.3, -0.25) is 4.90 Å². The summed E-state index contributed by atoms with van der Waals surface area (Å²) in [5.74, 6) is -1.30. The van der Waals surface area contributed by atoms with E-state index in [1.54, 1.807) is 39.0 Å². The van der Waals surface area contributed by atoms with Gasteiger partial charge in [0.15, 0.2) is 0 Å². The predicted octanol–water partition coefficient (Wildman–Crippen LogP) is 4.61. The number of ether oxygens (including phenoxy) is 2. The van der Waals surface area contributed by atoms with Crippen molar-refractivity contribution < 1.29 is 37.3 Å². The molecule has 7 nitrogen and oxygen atoms in total. The maximum atomic E-state index is 13.2. The van der Waals surface area contributed by atoms with Crippen molar-refractivity contribution in [3.05, 3.63) is 47.9 Å². The maximum Gasteiger partial charge on any atom is 0.433 e. The number of rotatable bonds is 3. The van der Waals surface area contributed by atoms with Gasteiger partial charge in [0.2, 0.25) is 0 Å². The van der Waals surface area contributed by atoms with Crippen LogP contribution in [0, 0.1) is 0 Å². The zero-order valence-corrected chi connectivity index (χ0v) is 17.1. The quantitative estimate of drug-likeness (QED) is 0.704. The fourth-order valence-electron chi connectivity index (χ4n) is 3.10. The van der Waals surface area contributed by atoms with Gasteiger partial charge in [-0.25, -0.2) is 14.6 Å². The van der Waals surface area contributed by atoms with Gasteiger partial charge in [-0.1, -0.05) is 12.1 Å². The number of alkyl halides is 3. The number of pyridine rings is 1. The predicted molar refractivity (Wildman–Crippen MR) is 104 cm³/mol. The maximum absolute atomic E-state index is 13.2. The van der Waals surface area contributed by atoms with Gasteiger partial charge in [0.1, 0.15) is 23.1 Å². The summed E-state index contributed by atoms with van der Waals surface area (Å²) in [5, 5.41) is 9.82. The molecule has 1 amide bonds. The Labute approximate surface area is 176 Å². The molecule has 1 aliphatic rings. The third kappa shape index (κ3) is 5.25. The number of nitrogens with zero attached hydrogens (tertiary/aromatic N) is 2. The molecule has 1 atom stereocenters. The highest BCUT2D eigenvalue weighted by Gasteiger charge is 2.39. The van der Waals surface area contributed by atoms with Gasteiger partial charge >= 0.3 is 18.2 Å². The number of amides is 1. The van der Waals surface area contributed by atoms with Crippen molar-refractivity contribution in [2.45, 2.75) is 45.0 Å². The van der Waals surface area contributed by atoms with Crippen LogP contribution in [-0.4, -0.2) is 45.2 Å². The van der Waals surface area contributed by atoms with Gasteiger partial charge in [-0.15, -0.1) is 0 Å². The van der Waals surface area contributed by atoms with Crippen LogP contribution < -0.4 is 4.74 Å². The lowest BCUT2D eigenvalue weighted by molar-refractivity contribution is -0.142. The van der Waals surface area contributed by atoms with Crippen molar-refractivity contribution >= 4 is 23.0 Å². The van der Waals surface area contributed by atoms with E-state index in [0.29, 0.717) is 11.0 Å². The number of carbonyl (C=O) groups is 2. The number of aliphatic carboxylic acids is 1. The van der Waals surface area contributed by atoms with Crippen molar-refractivity contribution in [3.63, 3.8) is 0 Å². The Morgan fingerprint density at radius 3 is 2.52 bits per heavy atom. The number of likely N-dealkylation sites (tertiary alicyclic amines) is 1. The molecule has 31 heavy (non-hydrogen) atoms. The number of para-hydroxylation sites is 1. The second kappa shape index (κ2) is 8.09. The molecule has 0 unspecified atom stereocenters. The van der Waals surface area contributed by atoms with Gasteiger partial charge in [-0.2, -0.15) is 13.2 Å². The van der Waals surface area contributed by atoms with E-state index in [9.17, 15) is 27.9 Å². The van der Waals surface area contributed by atoms with Crippen LogP contribution in [-0.2, 0) is 15.7 Å². The van der Waals surface area contributed by atoms with Crippen molar-refractivity contribution in [2.24, 2.45) is 0 Å². The molecule has 0 spiro atoms. The highest BCUT2D eigenvalue weighted by Crippen LogP contribution is 2.35. The van der Waals surface area contributed by atoms with Crippen LogP contribution in [0.25, 0.3) is 10.9 Å². The van der Waals surface area contributed by atoms with Gasteiger partial charge in [0.25, 0.3) is 0 Å². The zero-order valence-electron chi connectivity index (χ0n) is 17.1. The van der Waals surface area contributed by atoms with Crippen molar-refractivity contribution in [3.8, 4) is 5.75 Å². The molecule has 0 aliphatic carbocycles. The summed E-state index contributed by atoms with van der Waals surface area (Å²) in [6, 6.07) is 5.82. The summed E-state index contributed by atoms with van der Waals surface area (Å²) >= 11 is 0. The lowest BCUT2D eigenvalue weighted by Gasteiger charge is -2.26. The van der Waals surface area contributed by atoms with E-state index >= 15 is 0 Å². The Kier molecular flexibility index (Phi) is 5.84. The minimum absolute atomic E-state index is 0.0380. The van der Waals surface area contributed by atoms with E-state index in [-0.39, 0.29) is 24.2 Å². The molecule has 1 saturated heterocycles. The third-order valence-electron chi connectivity index (χ3n) is 4.44. The Balaban J connectivity index is 1.89. The van der Waals surface area contributed by atoms with E-state index in [4.69, 9.17) is 9.47 Å². The number of carbonyl (C=O) groups excluding carboxylic acids is 1. The summed E-state index contributed by atoms with van der Waals surface area (Å²) in [6.45, 7) is 4.89. The first-order valence-corrected chi connectivity index (χ1v) is 9.39. The van der Waals surface area contributed by atoms with E-state index in [1.807, 2.05) is 0 Å². The highest BCUT2D eigenvalue weighted by atomic mass is 19.4. The van der Waals surface area contributed by atoms with Crippen LogP contribution in [0.2, 0.25) is 0 Å². The van der Waals surface area contributed by atoms with E-state index in [2.05, 4.69) is 4.98 Å². The second-order valence-electron chi connectivity index (χ2n) is 8.08. The van der Waals surface area contributed by atoms with Gasteiger partial charge in [0.05, 0.1) is 11.8 Å². The standard InChI is InChI=1S/C21H21F3N2O5/c1-20(2,3)31-19(29)26-10-12(8-15(26)18(27)28)11-30-16-9-17(21(22,23)24)25-14-7-5-4-6-13(14)16/h4-7,9,11,15H,8,10H2,1-3H3,(H,27,28)/b12-11+/t15-/m0/s1. The Morgan fingerprint density at radius 1 is 1.23 bits per heavy atom. The Morgan fingerprint density at radius 2 is 1.90 bits per heavy atom. The molecular weight excluding hydrogens is 417 g/mol. The third-order valence-corrected chi connectivity index (χ3v) is 4.44. The summed E-state index contributed by atoms with van der Waals surface area (Å²) in [4.78, 5) is 28.6. The van der Waals surface area contributed by atoms with Crippen molar-refractivity contribution in [2.75, 3.05) is 6.54 Å². The fraction of sp³-hybridized carbons (Fsp3) is 0.381. The average Bonchev–Trinajstić information content (AvgIpc) is 3.08. The molecule has 10 heteroatoms. The number of carboxylic acid groups (broad SMARTS) is 1. The fourth-order valence-corrected chi connectivity index (χ4v) is 3.10. The minimum atomic E-state index is -4.66. The SMILES string of the molecule is CC(C)(C)OC(=O)N1C/C(=C/Oc2cc(C(F)(F)F)nc3ccccc23)C[C@H]1C(=O)O. The molecule has 1 fully saturated rings. The Hall–Kier alpha value is -3.30. The van der Waals surface area contributed by atoms with Gasteiger partial charge in [0, 0.05) is 24.4 Å². The molecule has 3 rings (SSSR count). The number of benzene rings is 1. The topological polar surface area (TPSA) is 89.0 Å². The molecule has 0 saturated carbocycles. The molecule has 1 aromatic carbocycles. The molecule has 166 valence electrons. The summed E-state index contributed by atoms with van der Waals surface area (Å²) in [5.41, 5.74) is -1.39. The average molecular weight is 438 g/mol. The van der Waals surface area contributed by atoms with Gasteiger partial charge in [-0.05, 0) is 38.5 Å². The first-order valence-electron chi connectivity index (χ1n) is 9.39. The number of hydrogen-bond acceptors (Lipinski definition) is 5. The van der Waals surface area contributed by atoms with E-state index in [1.165, 1.54) is 12.3 Å². The van der Waals surface area contributed by atoms with Crippen LogP contribution in [0.4, 0.5) is 18.0 Å². The van der Waals surface area contributed by atoms with Crippen LogP contribution in [0.3, 0.4) is 0 Å². The van der Waals surface area contributed by atoms with Crippen molar-refractivity contribution in [1.82, 2.24) is 9.88 Å². The number of halogens is 3. The molecule has 0 radical (unpaired) electrons. The van der Waals surface area contributed by atoms with E-state index in [0.717, 1.165) is 11.0 Å². The largest absolute Gasteiger partial charge is 0.480 e. The number of fused-ring (bicyclic) bond motifs is 1. The monoisotopic (exact) mass is 438 g/mol. The van der Waals surface area contributed by atoms with Crippen LogP contribution in [0.1, 0.15) is 32.9 Å². The molecule has 2 heterocycles. The second-order valence-corrected chi connectivity index (χ2v) is 8.08. The first kappa shape index (κ1) is 22.4. The normalized spacial score (nSPS) is 18.5. The van der Waals surface area contributed by atoms with Crippen LogP contribution >= 0.6 is 0 Å². The molecule has 1 aromatic heterocycles. The molecule has 0 bridgehead atoms. The first-order chi connectivity index (χ1) is 14.3. The smallest absolute Gasteiger partial charge is 0.433 e. The minimum Gasteiger partial charge on any atom is -0.480 e. The molecule has 1 aliphatic heterocycles. The number of hydrogen-bond donors (Lipinski definition) is 1. The van der Waals surface area contributed by atoms with Crippen molar-refractivity contribution in [1.29, 1.82) is 0 Å². The molecule has 2 aromatic rings. The number of aromatic nitrogens is 1. The zero-order chi connectivity index (χ0) is 23.0. The van der Waals surface area contributed by atoms with Crippen LogP contribution in [0.5, 0.6) is 5.75 Å². The summed E-state index contributed by atoms with van der Waals surface area (Å²) in [6.07, 6.45) is -4.31. The summed E-state index contributed by atoms with van der Waals surface area (Å²) < 4.78 is 50.4. The lowest BCUT2D eigenvalue weighted by Crippen LogP contribution is -2.43. The Bertz CT molecular complexity index is 1040. The highest BCUT2D eigenvalue weighted by molar-refractivity contribution is 5.85. The molecular formula is C21H21F3N2O5.